The summed E-state index contributed by atoms with van der Waals surface area (Å²) in [5.41, 5.74) is 1.38. The van der Waals surface area contributed by atoms with Crippen molar-refractivity contribution in [2.45, 2.75) is 0 Å². The number of aryl methyl sites for hydroxylation is 2. The summed E-state index contributed by atoms with van der Waals surface area (Å²) in [6, 6.07) is 1.77. The minimum Gasteiger partial charge on any atom is -0.295 e. The van der Waals surface area contributed by atoms with E-state index < -0.39 is 0 Å². The average Bonchev–Trinajstić information content (AvgIpc) is 2.33. The second-order valence-corrected chi connectivity index (χ2v) is 3.23. The van der Waals surface area contributed by atoms with Crippen molar-refractivity contribution in [3.05, 3.63) is 27.9 Å². The molecular formula is C8H8ClN3O. The lowest BCUT2D eigenvalue weighted by Gasteiger charge is -1.94. The number of nitrogens with zero attached hydrogens (tertiary/aromatic N) is 3. The van der Waals surface area contributed by atoms with E-state index in [2.05, 4.69) is 4.98 Å². The van der Waals surface area contributed by atoms with Crippen LogP contribution in [-0.2, 0) is 14.1 Å². The fourth-order valence-corrected chi connectivity index (χ4v) is 1.70. The molecule has 0 aliphatic rings. The molecule has 0 bridgehead atoms. The number of hydrogen-bond donors (Lipinski definition) is 0. The molecule has 4 nitrogen and oxygen atoms in total. The number of halogens is 1. The Morgan fingerprint density at radius 2 is 2.08 bits per heavy atom. The van der Waals surface area contributed by atoms with Crippen molar-refractivity contribution in [3.63, 3.8) is 0 Å². The van der Waals surface area contributed by atoms with Crippen LogP contribution in [0.4, 0.5) is 0 Å². The summed E-state index contributed by atoms with van der Waals surface area (Å²) in [5, 5.41) is 0.359. The number of fused-ring (bicyclic) bond motifs is 1. The SMILES string of the molecule is Cn1c(=O)n(C)c2c(Cl)nccc21. The van der Waals surface area contributed by atoms with E-state index in [-0.39, 0.29) is 5.69 Å². The topological polar surface area (TPSA) is 39.8 Å². The Balaban J connectivity index is 3.12. The van der Waals surface area contributed by atoms with Crippen LogP contribution in [0.25, 0.3) is 11.0 Å². The van der Waals surface area contributed by atoms with Crippen molar-refractivity contribution in [3.8, 4) is 0 Å². The van der Waals surface area contributed by atoms with Crippen molar-refractivity contribution < 1.29 is 0 Å². The van der Waals surface area contributed by atoms with Gasteiger partial charge in [-0.2, -0.15) is 0 Å². The first-order chi connectivity index (χ1) is 6.13. The van der Waals surface area contributed by atoms with E-state index in [1.165, 1.54) is 4.57 Å². The Morgan fingerprint density at radius 1 is 1.38 bits per heavy atom. The van der Waals surface area contributed by atoms with E-state index in [1.54, 1.807) is 30.9 Å². The van der Waals surface area contributed by atoms with E-state index >= 15 is 0 Å². The van der Waals surface area contributed by atoms with Crippen LogP contribution in [0.2, 0.25) is 5.15 Å². The van der Waals surface area contributed by atoms with Crippen LogP contribution in [0.1, 0.15) is 0 Å². The molecule has 2 aromatic heterocycles. The molecule has 0 unspecified atom stereocenters. The first-order valence-corrected chi connectivity index (χ1v) is 4.16. The molecule has 0 saturated carbocycles. The molecule has 0 aliphatic heterocycles. The van der Waals surface area contributed by atoms with E-state index in [0.29, 0.717) is 10.7 Å². The van der Waals surface area contributed by atoms with Crippen molar-refractivity contribution in [1.29, 1.82) is 0 Å². The van der Waals surface area contributed by atoms with Gasteiger partial charge in [-0.25, -0.2) is 9.78 Å². The molecule has 68 valence electrons. The predicted molar refractivity (Wildman–Crippen MR) is 51.0 cm³/mol. The molecule has 2 rings (SSSR count). The van der Waals surface area contributed by atoms with Gasteiger partial charge in [0.05, 0.1) is 5.52 Å². The van der Waals surface area contributed by atoms with Crippen LogP contribution in [0.3, 0.4) is 0 Å². The Bertz CT molecular complexity index is 526. The lowest BCUT2D eigenvalue weighted by molar-refractivity contribution is 0.795. The summed E-state index contributed by atoms with van der Waals surface area (Å²) in [5.74, 6) is 0. The highest BCUT2D eigenvalue weighted by Gasteiger charge is 2.10. The molecule has 2 heterocycles. The highest BCUT2D eigenvalue weighted by atomic mass is 35.5. The van der Waals surface area contributed by atoms with Gasteiger partial charge in [-0.05, 0) is 6.07 Å². The van der Waals surface area contributed by atoms with Crippen LogP contribution in [0.15, 0.2) is 17.1 Å². The number of hydrogen-bond acceptors (Lipinski definition) is 2. The van der Waals surface area contributed by atoms with Gasteiger partial charge in [0, 0.05) is 20.3 Å². The summed E-state index contributed by atoms with van der Waals surface area (Å²) >= 11 is 5.86. The molecule has 0 fully saturated rings. The molecule has 0 amide bonds. The monoisotopic (exact) mass is 197 g/mol. The van der Waals surface area contributed by atoms with E-state index in [9.17, 15) is 4.79 Å². The normalized spacial score (nSPS) is 11.0. The maximum absolute atomic E-state index is 11.5. The van der Waals surface area contributed by atoms with Gasteiger partial charge in [-0.3, -0.25) is 9.13 Å². The van der Waals surface area contributed by atoms with Crippen molar-refractivity contribution in [2.24, 2.45) is 14.1 Å². The Hall–Kier alpha value is -1.29. The number of imidazole rings is 1. The first kappa shape index (κ1) is 8.31. The molecular weight excluding hydrogens is 190 g/mol. The van der Waals surface area contributed by atoms with Gasteiger partial charge in [0.2, 0.25) is 0 Å². The summed E-state index contributed by atoms with van der Waals surface area (Å²) in [6.45, 7) is 0. The van der Waals surface area contributed by atoms with Crippen LogP contribution in [-0.4, -0.2) is 14.1 Å². The molecule has 0 atom stereocenters. The molecule has 2 aromatic rings. The first-order valence-electron chi connectivity index (χ1n) is 3.79. The highest BCUT2D eigenvalue weighted by molar-refractivity contribution is 6.33. The third-order valence-electron chi connectivity index (χ3n) is 2.13. The highest BCUT2D eigenvalue weighted by Crippen LogP contribution is 2.18. The van der Waals surface area contributed by atoms with E-state index in [1.807, 2.05) is 0 Å². The summed E-state index contributed by atoms with van der Waals surface area (Å²) in [7, 11) is 3.39. The zero-order valence-electron chi connectivity index (χ0n) is 7.28. The zero-order valence-corrected chi connectivity index (χ0v) is 8.04. The largest absolute Gasteiger partial charge is 0.328 e. The van der Waals surface area contributed by atoms with Gasteiger partial charge in [-0.15, -0.1) is 0 Å². The smallest absolute Gasteiger partial charge is 0.295 e. The Labute approximate surface area is 79.4 Å². The standard InChI is InChI=1S/C8H8ClN3O/c1-11-5-3-4-10-7(9)6(5)12(2)8(11)13/h3-4H,1-2H3. The minimum absolute atomic E-state index is 0.0927. The summed E-state index contributed by atoms with van der Waals surface area (Å²) in [4.78, 5) is 15.4. The molecule has 0 spiro atoms. The van der Waals surface area contributed by atoms with Gasteiger partial charge in [0.1, 0.15) is 5.52 Å². The summed E-state index contributed by atoms with van der Waals surface area (Å²) in [6.07, 6.45) is 1.59. The third kappa shape index (κ3) is 0.986. The van der Waals surface area contributed by atoms with Crippen LogP contribution in [0.5, 0.6) is 0 Å². The molecule has 5 heteroatoms. The third-order valence-corrected chi connectivity index (χ3v) is 2.41. The molecule has 13 heavy (non-hydrogen) atoms. The number of aromatic nitrogens is 3. The lowest BCUT2D eigenvalue weighted by Crippen LogP contribution is -2.19. The van der Waals surface area contributed by atoms with Crippen molar-refractivity contribution >= 4 is 22.6 Å². The van der Waals surface area contributed by atoms with Gasteiger partial charge in [-0.1, -0.05) is 11.6 Å². The lowest BCUT2D eigenvalue weighted by atomic mass is 10.4. The fraction of sp³-hybridized carbons (Fsp3) is 0.250. The maximum Gasteiger partial charge on any atom is 0.328 e. The van der Waals surface area contributed by atoms with Gasteiger partial charge in [0.25, 0.3) is 0 Å². The van der Waals surface area contributed by atoms with Crippen molar-refractivity contribution in [2.75, 3.05) is 0 Å². The fourth-order valence-electron chi connectivity index (χ4n) is 1.42. The molecule has 0 aliphatic carbocycles. The van der Waals surface area contributed by atoms with Gasteiger partial charge < -0.3 is 0 Å². The van der Waals surface area contributed by atoms with Crippen molar-refractivity contribution in [1.82, 2.24) is 14.1 Å². The second kappa shape index (κ2) is 2.60. The average molecular weight is 198 g/mol. The second-order valence-electron chi connectivity index (χ2n) is 2.87. The van der Waals surface area contributed by atoms with E-state index in [0.717, 1.165) is 5.52 Å². The molecule has 0 N–H and O–H groups in total. The quantitative estimate of drug-likeness (QED) is 0.590. The Kier molecular flexibility index (Phi) is 1.66. The minimum atomic E-state index is -0.0927. The number of rotatable bonds is 0. The predicted octanol–water partition coefficient (Wildman–Crippen LogP) is 0.925. The maximum atomic E-state index is 11.5. The number of pyridine rings is 1. The van der Waals surface area contributed by atoms with Gasteiger partial charge in [0.15, 0.2) is 5.15 Å². The van der Waals surface area contributed by atoms with Crippen LogP contribution < -0.4 is 5.69 Å². The molecule has 0 radical (unpaired) electrons. The van der Waals surface area contributed by atoms with Gasteiger partial charge >= 0.3 is 5.69 Å². The molecule has 0 saturated heterocycles. The Morgan fingerprint density at radius 3 is 2.69 bits per heavy atom. The van der Waals surface area contributed by atoms with Crippen LogP contribution in [0, 0.1) is 0 Å². The zero-order chi connectivity index (χ0) is 9.59. The van der Waals surface area contributed by atoms with Crippen LogP contribution >= 0.6 is 11.6 Å². The summed E-state index contributed by atoms with van der Waals surface area (Å²) < 4.78 is 3.04. The molecule has 0 aromatic carbocycles. The van der Waals surface area contributed by atoms with E-state index in [4.69, 9.17) is 11.6 Å².